The Morgan fingerprint density at radius 2 is 1.94 bits per heavy atom. The van der Waals surface area contributed by atoms with Gasteiger partial charge in [0.25, 0.3) is 0 Å². The predicted octanol–water partition coefficient (Wildman–Crippen LogP) is 1.62. The molecule has 3 N–H and O–H groups in total. The minimum Gasteiger partial charge on any atom is -0.399 e. The van der Waals surface area contributed by atoms with E-state index in [-0.39, 0.29) is 11.8 Å². The fourth-order valence-electron chi connectivity index (χ4n) is 2.40. The lowest BCUT2D eigenvalue weighted by Gasteiger charge is -2.33. The SMILES string of the molecule is CCNC(=O)C1CCN(c2ccc(N)cc2)CC1. The van der Waals surface area contributed by atoms with E-state index in [9.17, 15) is 4.79 Å². The number of carbonyl (C=O) groups is 1. The van der Waals surface area contributed by atoms with Crippen LogP contribution in [0.3, 0.4) is 0 Å². The van der Waals surface area contributed by atoms with Crippen molar-refractivity contribution in [3.63, 3.8) is 0 Å². The zero-order chi connectivity index (χ0) is 13.0. The van der Waals surface area contributed by atoms with Crippen molar-refractivity contribution in [2.24, 2.45) is 5.92 Å². The van der Waals surface area contributed by atoms with Gasteiger partial charge in [-0.05, 0) is 44.0 Å². The van der Waals surface area contributed by atoms with Gasteiger partial charge < -0.3 is 16.0 Å². The van der Waals surface area contributed by atoms with E-state index in [2.05, 4.69) is 10.2 Å². The second-order valence-corrected chi connectivity index (χ2v) is 4.75. The van der Waals surface area contributed by atoms with Gasteiger partial charge in [0.2, 0.25) is 5.91 Å². The summed E-state index contributed by atoms with van der Waals surface area (Å²) in [6, 6.07) is 7.93. The molecule has 0 aliphatic carbocycles. The van der Waals surface area contributed by atoms with Gasteiger partial charge in [0, 0.05) is 36.9 Å². The zero-order valence-corrected chi connectivity index (χ0v) is 10.9. The number of nitrogens with two attached hydrogens (primary N) is 1. The van der Waals surface area contributed by atoms with E-state index in [1.54, 1.807) is 0 Å². The van der Waals surface area contributed by atoms with Crippen molar-refractivity contribution in [1.29, 1.82) is 0 Å². The average Bonchev–Trinajstić information content (AvgIpc) is 2.40. The smallest absolute Gasteiger partial charge is 0.223 e. The molecule has 4 heteroatoms. The lowest BCUT2D eigenvalue weighted by molar-refractivity contribution is -0.125. The molecule has 0 unspecified atom stereocenters. The fraction of sp³-hybridized carbons (Fsp3) is 0.500. The molecule has 1 aliphatic heterocycles. The number of nitrogen functional groups attached to an aromatic ring is 1. The summed E-state index contributed by atoms with van der Waals surface area (Å²) in [6.45, 7) is 4.55. The van der Waals surface area contributed by atoms with Crippen LogP contribution in [-0.4, -0.2) is 25.5 Å². The molecule has 1 aromatic carbocycles. The third-order valence-corrected chi connectivity index (χ3v) is 3.47. The van der Waals surface area contributed by atoms with Crippen LogP contribution in [0.25, 0.3) is 0 Å². The maximum absolute atomic E-state index is 11.7. The second-order valence-electron chi connectivity index (χ2n) is 4.75. The largest absolute Gasteiger partial charge is 0.399 e. The van der Waals surface area contributed by atoms with E-state index in [0.717, 1.165) is 38.2 Å². The third-order valence-electron chi connectivity index (χ3n) is 3.47. The van der Waals surface area contributed by atoms with Gasteiger partial charge in [-0.1, -0.05) is 0 Å². The molecule has 1 aliphatic rings. The van der Waals surface area contributed by atoms with E-state index in [4.69, 9.17) is 5.73 Å². The van der Waals surface area contributed by atoms with Crippen molar-refractivity contribution < 1.29 is 4.79 Å². The van der Waals surface area contributed by atoms with Crippen molar-refractivity contribution in [3.8, 4) is 0 Å². The molecule has 1 fully saturated rings. The Balaban J connectivity index is 1.90. The van der Waals surface area contributed by atoms with E-state index < -0.39 is 0 Å². The first-order valence-electron chi connectivity index (χ1n) is 6.59. The van der Waals surface area contributed by atoms with Gasteiger partial charge in [-0.2, -0.15) is 0 Å². The molecule has 1 saturated heterocycles. The van der Waals surface area contributed by atoms with Crippen LogP contribution in [0.1, 0.15) is 19.8 Å². The quantitative estimate of drug-likeness (QED) is 0.798. The molecule has 1 amide bonds. The summed E-state index contributed by atoms with van der Waals surface area (Å²) >= 11 is 0. The Bertz CT molecular complexity index is 394. The molecule has 1 heterocycles. The molecule has 2 rings (SSSR count). The molecule has 4 nitrogen and oxygen atoms in total. The third kappa shape index (κ3) is 2.94. The first kappa shape index (κ1) is 12.7. The van der Waals surface area contributed by atoms with E-state index >= 15 is 0 Å². The maximum Gasteiger partial charge on any atom is 0.223 e. The van der Waals surface area contributed by atoms with Crippen LogP contribution in [0.5, 0.6) is 0 Å². The Morgan fingerprint density at radius 3 is 2.50 bits per heavy atom. The lowest BCUT2D eigenvalue weighted by atomic mass is 9.95. The predicted molar refractivity (Wildman–Crippen MR) is 74.5 cm³/mol. The Labute approximate surface area is 108 Å². The minimum atomic E-state index is 0.176. The summed E-state index contributed by atoms with van der Waals surface area (Å²) in [6.07, 6.45) is 1.85. The van der Waals surface area contributed by atoms with Gasteiger partial charge in [-0.3, -0.25) is 4.79 Å². The second kappa shape index (κ2) is 5.76. The van der Waals surface area contributed by atoms with Crippen LogP contribution >= 0.6 is 0 Å². The number of nitrogens with zero attached hydrogens (tertiary/aromatic N) is 1. The number of rotatable bonds is 3. The molecule has 0 bridgehead atoms. The molecule has 0 spiro atoms. The van der Waals surface area contributed by atoms with Crippen molar-refractivity contribution in [1.82, 2.24) is 5.32 Å². The number of hydrogen-bond donors (Lipinski definition) is 2. The molecule has 98 valence electrons. The first-order valence-corrected chi connectivity index (χ1v) is 6.59. The van der Waals surface area contributed by atoms with Crippen LogP contribution in [0.4, 0.5) is 11.4 Å². The Kier molecular flexibility index (Phi) is 4.07. The van der Waals surface area contributed by atoms with Crippen LogP contribution in [0.2, 0.25) is 0 Å². The number of anilines is 2. The summed E-state index contributed by atoms with van der Waals surface area (Å²) in [7, 11) is 0. The Morgan fingerprint density at radius 1 is 1.33 bits per heavy atom. The van der Waals surface area contributed by atoms with Crippen molar-refractivity contribution in [2.75, 3.05) is 30.3 Å². The van der Waals surface area contributed by atoms with E-state index in [1.807, 2.05) is 31.2 Å². The molecular formula is C14H21N3O. The van der Waals surface area contributed by atoms with Crippen molar-refractivity contribution >= 4 is 17.3 Å². The topological polar surface area (TPSA) is 58.4 Å². The average molecular weight is 247 g/mol. The standard InChI is InChI=1S/C14H21N3O/c1-2-16-14(18)11-7-9-17(10-8-11)13-5-3-12(15)4-6-13/h3-6,11H,2,7-10,15H2,1H3,(H,16,18). The number of nitrogens with one attached hydrogen (secondary N) is 1. The summed E-state index contributed by atoms with van der Waals surface area (Å²) in [5.74, 6) is 0.379. The highest BCUT2D eigenvalue weighted by molar-refractivity contribution is 5.78. The van der Waals surface area contributed by atoms with Crippen LogP contribution < -0.4 is 16.0 Å². The molecular weight excluding hydrogens is 226 g/mol. The lowest BCUT2D eigenvalue weighted by Crippen LogP contribution is -2.40. The number of carbonyl (C=O) groups excluding carboxylic acids is 1. The summed E-state index contributed by atoms with van der Waals surface area (Å²) in [4.78, 5) is 14.1. The number of hydrogen-bond acceptors (Lipinski definition) is 3. The van der Waals surface area contributed by atoms with Gasteiger partial charge in [0.1, 0.15) is 0 Å². The number of benzene rings is 1. The van der Waals surface area contributed by atoms with Crippen molar-refractivity contribution in [2.45, 2.75) is 19.8 Å². The normalized spacial score (nSPS) is 16.6. The van der Waals surface area contributed by atoms with Gasteiger partial charge >= 0.3 is 0 Å². The van der Waals surface area contributed by atoms with Crippen LogP contribution in [0.15, 0.2) is 24.3 Å². The number of amides is 1. The number of piperidine rings is 1. The minimum absolute atomic E-state index is 0.176. The zero-order valence-electron chi connectivity index (χ0n) is 10.9. The van der Waals surface area contributed by atoms with Crippen LogP contribution in [0, 0.1) is 5.92 Å². The molecule has 1 aromatic rings. The monoisotopic (exact) mass is 247 g/mol. The molecule has 0 atom stereocenters. The van der Waals surface area contributed by atoms with E-state index in [1.165, 1.54) is 5.69 Å². The van der Waals surface area contributed by atoms with E-state index in [0.29, 0.717) is 0 Å². The van der Waals surface area contributed by atoms with Crippen molar-refractivity contribution in [3.05, 3.63) is 24.3 Å². The summed E-state index contributed by atoms with van der Waals surface area (Å²) in [5.41, 5.74) is 7.66. The van der Waals surface area contributed by atoms with Gasteiger partial charge in [-0.15, -0.1) is 0 Å². The summed E-state index contributed by atoms with van der Waals surface area (Å²) in [5, 5.41) is 2.90. The molecule has 0 saturated carbocycles. The highest BCUT2D eigenvalue weighted by Crippen LogP contribution is 2.24. The van der Waals surface area contributed by atoms with Gasteiger partial charge in [-0.25, -0.2) is 0 Å². The first-order chi connectivity index (χ1) is 8.70. The van der Waals surface area contributed by atoms with Crippen LogP contribution in [-0.2, 0) is 4.79 Å². The maximum atomic E-state index is 11.7. The summed E-state index contributed by atoms with van der Waals surface area (Å²) < 4.78 is 0. The molecule has 18 heavy (non-hydrogen) atoms. The Hall–Kier alpha value is -1.71. The highest BCUT2D eigenvalue weighted by atomic mass is 16.1. The van der Waals surface area contributed by atoms with Gasteiger partial charge in [0.05, 0.1) is 0 Å². The van der Waals surface area contributed by atoms with Gasteiger partial charge in [0.15, 0.2) is 0 Å². The molecule has 0 radical (unpaired) electrons. The highest BCUT2D eigenvalue weighted by Gasteiger charge is 2.24. The fourth-order valence-corrected chi connectivity index (χ4v) is 2.40. The molecule has 0 aromatic heterocycles.